The van der Waals surface area contributed by atoms with E-state index < -0.39 is 0 Å². The van der Waals surface area contributed by atoms with Crippen molar-refractivity contribution < 1.29 is 9.53 Å². The molecule has 3 rings (SSSR count). The van der Waals surface area contributed by atoms with E-state index in [2.05, 4.69) is 17.0 Å². The van der Waals surface area contributed by atoms with Crippen molar-refractivity contribution in [1.29, 1.82) is 0 Å². The molecule has 0 unspecified atom stereocenters. The fraction of sp³-hybridized carbons (Fsp3) is 0.364. The Labute approximate surface area is 192 Å². The van der Waals surface area contributed by atoms with Gasteiger partial charge in [0.05, 0.1) is 16.8 Å². The van der Waals surface area contributed by atoms with Crippen molar-refractivity contribution in [1.82, 2.24) is 9.88 Å². The highest BCUT2D eigenvalue weighted by Gasteiger charge is 2.20. The monoisotopic (exact) mass is 465 g/mol. The lowest BCUT2D eigenvalue weighted by atomic mass is 10.3. The van der Waals surface area contributed by atoms with Gasteiger partial charge in [-0.15, -0.1) is 24.2 Å². The molecule has 0 aliphatic heterocycles. The predicted molar refractivity (Wildman–Crippen MR) is 131 cm³/mol. The zero-order chi connectivity index (χ0) is 20.6. The van der Waals surface area contributed by atoms with Crippen LogP contribution < -0.4 is 9.64 Å². The molecule has 0 fully saturated rings. The average Bonchev–Trinajstić information content (AvgIpc) is 3.12. The van der Waals surface area contributed by atoms with Gasteiger partial charge in [0.15, 0.2) is 5.13 Å². The van der Waals surface area contributed by atoms with Crippen molar-refractivity contribution in [2.75, 3.05) is 44.4 Å². The molecule has 0 atom stereocenters. The Morgan fingerprint density at radius 2 is 1.90 bits per heavy atom. The quantitative estimate of drug-likeness (QED) is 0.385. The largest absolute Gasteiger partial charge is 0.494 e. The molecule has 8 heteroatoms. The van der Waals surface area contributed by atoms with E-state index in [-0.39, 0.29) is 18.3 Å². The predicted octanol–water partition coefficient (Wildman–Crippen LogP) is 5.19. The Hall–Kier alpha value is -1.80. The number of aromatic nitrogens is 1. The Bertz CT molecular complexity index is 935. The third kappa shape index (κ3) is 6.87. The summed E-state index contributed by atoms with van der Waals surface area (Å²) >= 11 is 3.25. The van der Waals surface area contributed by atoms with Crippen molar-refractivity contribution in [2.45, 2.75) is 18.2 Å². The first-order valence-corrected chi connectivity index (χ1v) is 11.5. The zero-order valence-corrected chi connectivity index (χ0v) is 20.0. The van der Waals surface area contributed by atoms with Crippen LogP contribution in [-0.4, -0.2) is 55.3 Å². The molecule has 0 N–H and O–H groups in total. The summed E-state index contributed by atoms with van der Waals surface area (Å²) in [5.74, 6) is 1.70. The van der Waals surface area contributed by atoms with Gasteiger partial charge < -0.3 is 9.64 Å². The molecule has 0 radical (unpaired) electrons. The van der Waals surface area contributed by atoms with Crippen LogP contribution in [0.25, 0.3) is 10.2 Å². The maximum absolute atomic E-state index is 13.0. The summed E-state index contributed by atoms with van der Waals surface area (Å²) in [6.45, 7) is 4.01. The lowest BCUT2D eigenvalue weighted by molar-refractivity contribution is -0.118. The summed E-state index contributed by atoms with van der Waals surface area (Å²) in [7, 11) is 4.03. The first-order chi connectivity index (χ1) is 14.1. The van der Waals surface area contributed by atoms with Gasteiger partial charge in [0, 0.05) is 30.2 Å². The molecule has 162 valence electrons. The van der Waals surface area contributed by atoms with Crippen molar-refractivity contribution >= 4 is 56.8 Å². The summed E-state index contributed by atoms with van der Waals surface area (Å²) in [6, 6.07) is 16.1. The number of thiazole rings is 1. The second-order valence-electron chi connectivity index (χ2n) is 6.82. The van der Waals surface area contributed by atoms with Crippen LogP contribution in [0.15, 0.2) is 53.4 Å². The van der Waals surface area contributed by atoms with Crippen LogP contribution in [0.3, 0.4) is 0 Å². The Kier molecular flexibility index (Phi) is 9.91. The molecule has 3 aromatic rings. The number of likely N-dealkylation sites (N-methyl/N-ethyl adjacent to an activating group) is 1. The van der Waals surface area contributed by atoms with Crippen LogP contribution in [0.4, 0.5) is 5.13 Å². The third-order valence-corrected chi connectivity index (χ3v) is 6.35. The molecule has 1 amide bonds. The molecule has 2 aromatic carbocycles. The van der Waals surface area contributed by atoms with E-state index in [0.717, 1.165) is 33.4 Å². The van der Waals surface area contributed by atoms with Crippen molar-refractivity contribution in [3.8, 4) is 5.75 Å². The Morgan fingerprint density at radius 1 is 1.13 bits per heavy atom. The minimum Gasteiger partial charge on any atom is -0.494 e. The Balaban J connectivity index is 0.00000320. The van der Waals surface area contributed by atoms with E-state index in [1.165, 1.54) is 4.90 Å². The molecule has 0 bridgehead atoms. The number of halogens is 1. The SMILES string of the molecule is CCOc1ccc2nc(N(CCN(C)C)C(=O)CCSc3ccccc3)sc2c1.Cl. The zero-order valence-electron chi connectivity index (χ0n) is 17.5. The highest BCUT2D eigenvalue weighted by molar-refractivity contribution is 7.99. The highest BCUT2D eigenvalue weighted by atomic mass is 35.5. The van der Waals surface area contributed by atoms with E-state index >= 15 is 0 Å². The number of nitrogens with zero attached hydrogens (tertiary/aromatic N) is 3. The molecule has 0 aliphatic rings. The maximum atomic E-state index is 13.0. The van der Waals surface area contributed by atoms with E-state index in [0.29, 0.717) is 19.6 Å². The second kappa shape index (κ2) is 12.2. The van der Waals surface area contributed by atoms with Crippen molar-refractivity contribution in [3.63, 3.8) is 0 Å². The fourth-order valence-electron chi connectivity index (χ4n) is 2.80. The van der Waals surface area contributed by atoms with E-state index in [9.17, 15) is 4.79 Å². The number of carbonyl (C=O) groups excluding carboxylic acids is 1. The first kappa shape index (κ1) is 24.5. The maximum Gasteiger partial charge on any atom is 0.229 e. The number of anilines is 1. The van der Waals surface area contributed by atoms with Gasteiger partial charge >= 0.3 is 0 Å². The van der Waals surface area contributed by atoms with Gasteiger partial charge in [-0.2, -0.15) is 0 Å². The molecule has 30 heavy (non-hydrogen) atoms. The standard InChI is InChI=1S/C22H27N3O2S2.ClH/c1-4-27-17-10-11-19-20(16-17)29-22(23-19)25(14-13-24(2)3)21(26)12-15-28-18-8-6-5-7-9-18;/h5-11,16H,4,12-15H2,1-3H3;1H. The van der Waals surface area contributed by atoms with E-state index in [1.54, 1.807) is 23.1 Å². The second-order valence-corrected chi connectivity index (χ2v) is 9.00. The molecule has 1 aromatic heterocycles. The van der Waals surface area contributed by atoms with Gasteiger partial charge in [-0.05, 0) is 51.4 Å². The first-order valence-electron chi connectivity index (χ1n) is 9.73. The average molecular weight is 466 g/mol. The van der Waals surface area contributed by atoms with Gasteiger partial charge in [0.1, 0.15) is 5.75 Å². The smallest absolute Gasteiger partial charge is 0.229 e. The summed E-state index contributed by atoms with van der Waals surface area (Å²) in [6.07, 6.45) is 0.479. The van der Waals surface area contributed by atoms with Gasteiger partial charge in [-0.25, -0.2) is 4.98 Å². The minimum absolute atomic E-state index is 0. The number of hydrogen-bond acceptors (Lipinski definition) is 6. The minimum atomic E-state index is 0. The van der Waals surface area contributed by atoms with Crippen LogP contribution in [0.1, 0.15) is 13.3 Å². The molecule has 0 aliphatic carbocycles. The number of amides is 1. The van der Waals surface area contributed by atoms with Gasteiger partial charge in [-0.3, -0.25) is 9.69 Å². The topological polar surface area (TPSA) is 45.7 Å². The van der Waals surface area contributed by atoms with Crippen LogP contribution in [0.5, 0.6) is 5.75 Å². The van der Waals surface area contributed by atoms with E-state index in [1.807, 2.05) is 62.3 Å². The Morgan fingerprint density at radius 3 is 2.60 bits per heavy atom. The summed E-state index contributed by atoms with van der Waals surface area (Å²) in [4.78, 5) is 22.8. The van der Waals surface area contributed by atoms with Crippen LogP contribution >= 0.6 is 35.5 Å². The summed E-state index contributed by atoms with van der Waals surface area (Å²) in [5.41, 5.74) is 0.898. The summed E-state index contributed by atoms with van der Waals surface area (Å²) in [5, 5.41) is 0.755. The highest BCUT2D eigenvalue weighted by Crippen LogP contribution is 2.32. The van der Waals surface area contributed by atoms with Crippen LogP contribution in [0, 0.1) is 0 Å². The number of benzene rings is 2. The number of ether oxygens (including phenoxy) is 1. The molecule has 0 saturated carbocycles. The molecule has 1 heterocycles. The molecular weight excluding hydrogens is 438 g/mol. The molecular formula is C22H28ClN3O2S2. The van der Waals surface area contributed by atoms with Gasteiger partial charge in [0.2, 0.25) is 5.91 Å². The number of carbonyl (C=O) groups is 1. The number of rotatable bonds is 10. The molecule has 0 spiro atoms. The third-order valence-electron chi connectivity index (χ3n) is 4.29. The van der Waals surface area contributed by atoms with Crippen molar-refractivity contribution in [2.24, 2.45) is 0 Å². The van der Waals surface area contributed by atoms with E-state index in [4.69, 9.17) is 9.72 Å². The lowest BCUT2D eigenvalue weighted by Gasteiger charge is -2.22. The fourth-order valence-corrected chi connectivity index (χ4v) is 4.70. The number of fused-ring (bicyclic) bond motifs is 1. The van der Waals surface area contributed by atoms with Crippen molar-refractivity contribution in [3.05, 3.63) is 48.5 Å². The van der Waals surface area contributed by atoms with Crippen LogP contribution in [0.2, 0.25) is 0 Å². The van der Waals surface area contributed by atoms with Gasteiger partial charge in [-0.1, -0.05) is 29.5 Å². The molecule has 5 nitrogen and oxygen atoms in total. The molecule has 0 saturated heterocycles. The lowest BCUT2D eigenvalue weighted by Crippen LogP contribution is -2.36. The summed E-state index contributed by atoms with van der Waals surface area (Å²) < 4.78 is 6.63. The number of hydrogen-bond donors (Lipinski definition) is 0. The number of thioether (sulfide) groups is 1. The van der Waals surface area contributed by atoms with Crippen LogP contribution in [-0.2, 0) is 4.79 Å². The van der Waals surface area contributed by atoms with Gasteiger partial charge in [0.25, 0.3) is 0 Å². The normalized spacial score (nSPS) is 10.8.